The molecule has 0 aliphatic rings. The lowest BCUT2D eigenvalue weighted by Crippen LogP contribution is -1.88. The van der Waals surface area contributed by atoms with Gasteiger partial charge in [0, 0.05) is 23.3 Å². The summed E-state index contributed by atoms with van der Waals surface area (Å²) < 4.78 is 0. The van der Waals surface area contributed by atoms with E-state index in [9.17, 15) is 10.2 Å². The summed E-state index contributed by atoms with van der Waals surface area (Å²) in [5.74, 6) is 1.78. The monoisotopic (exact) mass is 342 g/mol. The van der Waals surface area contributed by atoms with Gasteiger partial charge in [0.05, 0.1) is 22.1 Å². The highest BCUT2D eigenvalue weighted by Gasteiger charge is 2.14. The average molecular weight is 342 g/mol. The minimum absolute atomic E-state index is 0.193. The Morgan fingerprint density at radius 3 is 1.54 bits per heavy atom. The van der Waals surface area contributed by atoms with Gasteiger partial charge >= 0.3 is 0 Å². The van der Waals surface area contributed by atoms with Gasteiger partial charge in [-0.3, -0.25) is 0 Å². The Morgan fingerprint density at radius 2 is 1.08 bits per heavy atom. The van der Waals surface area contributed by atoms with Crippen molar-refractivity contribution in [3.05, 3.63) is 60.7 Å². The highest BCUT2D eigenvalue weighted by Crippen LogP contribution is 2.32. The quantitative estimate of drug-likeness (QED) is 0.387. The number of rotatable bonds is 2. The van der Waals surface area contributed by atoms with E-state index in [1.165, 1.54) is 0 Å². The fourth-order valence-electron chi connectivity index (χ4n) is 3.15. The van der Waals surface area contributed by atoms with Crippen LogP contribution in [0.5, 0.6) is 11.5 Å². The maximum absolute atomic E-state index is 9.66. The van der Waals surface area contributed by atoms with E-state index in [1.54, 1.807) is 36.4 Å². The van der Waals surface area contributed by atoms with E-state index in [0.717, 1.165) is 33.2 Å². The summed E-state index contributed by atoms with van der Waals surface area (Å²) in [7, 11) is 0. The zero-order valence-electron chi connectivity index (χ0n) is 13.6. The summed E-state index contributed by atoms with van der Waals surface area (Å²) in [6.45, 7) is 0. The molecule has 5 rings (SSSR count). The second kappa shape index (κ2) is 5.35. The molecule has 6 nitrogen and oxygen atoms in total. The normalized spacial score (nSPS) is 11.4. The summed E-state index contributed by atoms with van der Waals surface area (Å²) in [6.07, 6.45) is 0. The third kappa shape index (κ3) is 2.28. The number of benzene rings is 3. The predicted molar refractivity (Wildman–Crippen MR) is 99.9 cm³/mol. The van der Waals surface area contributed by atoms with Crippen LogP contribution in [-0.4, -0.2) is 30.1 Å². The fraction of sp³-hybridized carbons (Fsp3) is 0. The topological polar surface area (TPSA) is 97.8 Å². The van der Waals surface area contributed by atoms with E-state index in [-0.39, 0.29) is 11.5 Å². The Balaban J connectivity index is 1.70. The average Bonchev–Trinajstić information content (AvgIpc) is 3.24. The smallest absolute Gasteiger partial charge is 0.139 e. The summed E-state index contributed by atoms with van der Waals surface area (Å²) >= 11 is 0. The highest BCUT2D eigenvalue weighted by atomic mass is 16.3. The van der Waals surface area contributed by atoms with Crippen molar-refractivity contribution >= 4 is 22.1 Å². The van der Waals surface area contributed by atoms with Gasteiger partial charge in [-0.1, -0.05) is 24.3 Å². The van der Waals surface area contributed by atoms with Crippen molar-refractivity contribution in [1.29, 1.82) is 0 Å². The predicted octanol–water partition coefficient (Wildman–Crippen LogP) is 4.18. The lowest BCUT2D eigenvalue weighted by molar-refractivity contribution is 0.475. The van der Waals surface area contributed by atoms with Crippen LogP contribution in [0.1, 0.15) is 0 Å². The summed E-state index contributed by atoms with van der Waals surface area (Å²) in [5.41, 5.74) is 4.89. The first kappa shape index (κ1) is 14.5. The number of phenolic OH excluding ortho intramolecular Hbond substituents is 2. The molecular formula is C20H14N4O2. The Hall–Kier alpha value is -3.80. The number of hydrogen-bond donors (Lipinski definition) is 4. The van der Waals surface area contributed by atoms with Crippen LogP contribution >= 0.6 is 0 Å². The molecule has 0 unspecified atom stereocenters. The molecule has 0 aliphatic heterocycles. The van der Waals surface area contributed by atoms with Crippen LogP contribution in [-0.2, 0) is 0 Å². The number of H-pyrrole nitrogens is 2. The van der Waals surface area contributed by atoms with Crippen LogP contribution in [0.15, 0.2) is 60.7 Å². The summed E-state index contributed by atoms with van der Waals surface area (Å²) in [6, 6.07) is 17.9. The Kier molecular flexibility index (Phi) is 2.99. The molecule has 0 amide bonds. The maximum Gasteiger partial charge on any atom is 0.139 e. The first-order chi connectivity index (χ1) is 12.7. The molecule has 0 bridgehead atoms. The third-order valence-electron chi connectivity index (χ3n) is 4.37. The lowest BCUT2D eigenvalue weighted by Gasteiger charge is -2.04. The van der Waals surface area contributed by atoms with Crippen molar-refractivity contribution in [1.82, 2.24) is 19.9 Å². The third-order valence-corrected chi connectivity index (χ3v) is 4.37. The van der Waals surface area contributed by atoms with Crippen LogP contribution in [0, 0.1) is 0 Å². The van der Waals surface area contributed by atoms with Crippen molar-refractivity contribution in [3.8, 4) is 34.3 Å². The molecule has 5 aromatic rings. The SMILES string of the molecule is Oc1ccc2nc(-c3ccccc3-c3nc4ccc(O)cc4[nH]3)[nH]c2c1. The molecule has 2 heterocycles. The van der Waals surface area contributed by atoms with E-state index in [0.29, 0.717) is 11.6 Å². The van der Waals surface area contributed by atoms with E-state index in [2.05, 4.69) is 19.9 Å². The number of phenols is 2. The minimum Gasteiger partial charge on any atom is -0.508 e. The van der Waals surface area contributed by atoms with Crippen molar-refractivity contribution in [2.24, 2.45) is 0 Å². The molecule has 6 heteroatoms. The van der Waals surface area contributed by atoms with Crippen LogP contribution in [0.25, 0.3) is 44.8 Å². The second-order valence-corrected chi connectivity index (χ2v) is 6.12. The van der Waals surface area contributed by atoms with Gasteiger partial charge in [-0.15, -0.1) is 0 Å². The molecule has 0 atom stereocenters. The summed E-state index contributed by atoms with van der Waals surface area (Å²) in [5, 5.41) is 19.3. The van der Waals surface area contributed by atoms with Gasteiger partial charge in [-0.2, -0.15) is 0 Å². The van der Waals surface area contributed by atoms with Gasteiger partial charge in [0.15, 0.2) is 0 Å². The molecular weight excluding hydrogens is 328 g/mol. The van der Waals surface area contributed by atoms with Crippen molar-refractivity contribution in [2.45, 2.75) is 0 Å². The molecule has 0 radical (unpaired) electrons. The van der Waals surface area contributed by atoms with Crippen molar-refractivity contribution < 1.29 is 10.2 Å². The largest absolute Gasteiger partial charge is 0.508 e. The number of imidazole rings is 2. The van der Waals surface area contributed by atoms with Crippen LogP contribution < -0.4 is 0 Å². The lowest BCUT2D eigenvalue weighted by atomic mass is 10.1. The number of aromatic amines is 2. The van der Waals surface area contributed by atoms with Gasteiger partial charge in [-0.25, -0.2) is 9.97 Å². The van der Waals surface area contributed by atoms with Gasteiger partial charge in [0.2, 0.25) is 0 Å². The molecule has 26 heavy (non-hydrogen) atoms. The number of nitrogens with zero attached hydrogens (tertiary/aromatic N) is 2. The second-order valence-electron chi connectivity index (χ2n) is 6.12. The van der Waals surface area contributed by atoms with E-state index >= 15 is 0 Å². The van der Waals surface area contributed by atoms with Crippen molar-refractivity contribution in [3.63, 3.8) is 0 Å². The summed E-state index contributed by atoms with van der Waals surface area (Å²) in [4.78, 5) is 15.8. The van der Waals surface area contributed by atoms with E-state index in [1.807, 2.05) is 24.3 Å². The number of aromatic nitrogens is 4. The van der Waals surface area contributed by atoms with Crippen LogP contribution in [0.2, 0.25) is 0 Å². The number of hydrogen-bond acceptors (Lipinski definition) is 4. The van der Waals surface area contributed by atoms with E-state index < -0.39 is 0 Å². The molecule has 4 N–H and O–H groups in total. The van der Waals surface area contributed by atoms with Gasteiger partial charge < -0.3 is 20.2 Å². The van der Waals surface area contributed by atoms with Gasteiger partial charge in [-0.05, 0) is 24.3 Å². The highest BCUT2D eigenvalue weighted by molar-refractivity contribution is 5.87. The Morgan fingerprint density at radius 1 is 0.615 bits per heavy atom. The number of fused-ring (bicyclic) bond motifs is 2. The van der Waals surface area contributed by atoms with E-state index in [4.69, 9.17) is 0 Å². The first-order valence-corrected chi connectivity index (χ1v) is 8.15. The molecule has 3 aromatic carbocycles. The van der Waals surface area contributed by atoms with Crippen LogP contribution in [0.4, 0.5) is 0 Å². The molecule has 0 fully saturated rings. The zero-order chi connectivity index (χ0) is 17.7. The molecule has 126 valence electrons. The molecule has 0 aliphatic carbocycles. The number of aromatic hydroxyl groups is 2. The molecule has 2 aromatic heterocycles. The minimum atomic E-state index is 0.193. The molecule has 0 saturated heterocycles. The van der Waals surface area contributed by atoms with Crippen molar-refractivity contribution in [2.75, 3.05) is 0 Å². The fourth-order valence-corrected chi connectivity index (χ4v) is 3.15. The zero-order valence-corrected chi connectivity index (χ0v) is 13.6. The molecule has 0 saturated carbocycles. The Labute approximate surface area is 147 Å². The standard InChI is InChI=1S/C20H14N4O2/c25-11-5-7-15-17(9-11)23-19(21-15)13-3-1-2-4-14(13)20-22-16-8-6-12(26)10-18(16)24-20/h1-10,25-26H,(H,21,23)(H,22,24). The van der Waals surface area contributed by atoms with Gasteiger partial charge in [0.25, 0.3) is 0 Å². The Bertz CT molecular complexity index is 1170. The van der Waals surface area contributed by atoms with Gasteiger partial charge in [0.1, 0.15) is 23.1 Å². The van der Waals surface area contributed by atoms with Crippen LogP contribution in [0.3, 0.4) is 0 Å². The molecule has 0 spiro atoms. The number of nitrogens with one attached hydrogen (secondary N) is 2. The maximum atomic E-state index is 9.66. The first-order valence-electron chi connectivity index (χ1n) is 8.15.